The van der Waals surface area contributed by atoms with Crippen LogP contribution in [0.4, 0.5) is 5.95 Å². The van der Waals surface area contributed by atoms with Gasteiger partial charge in [-0.1, -0.05) is 35.9 Å². The number of carbonyl (C=O) groups is 1. The first-order valence-corrected chi connectivity index (χ1v) is 11.4. The molecule has 1 amide bonds. The van der Waals surface area contributed by atoms with Crippen LogP contribution in [0, 0.1) is 0 Å². The van der Waals surface area contributed by atoms with Crippen LogP contribution in [-0.4, -0.2) is 43.9 Å². The molecule has 0 saturated heterocycles. The number of hydrogen-bond acceptors (Lipinski definition) is 6. The molecule has 0 aliphatic carbocycles. The Labute approximate surface area is 201 Å². The molecule has 0 fully saturated rings. The number of hydrazone groups is 1. The number of halogens is 1. The standard InChI is InChI=1S/C25H24ClN5O3/c1-16(32)14-27-25-28-19-5-2-3-6-21(19)30(25)15-24(33)31-22(23-7-4-12-34-23)13-20(29-31)17-8-10-18(26)11-9-17/h2-12,16,22,32H,13-15H2,1H3,(H,27,28). The zero-order valence-corrected chi connectivity index (χ0v) is 19.3. The molecule has 5 rings (SSSR count). The summed E-state index contributed by atoms with van der Waals surface area (Å²) in [5.41, 5.74) is 3.27. The maximum Gasteiger partial charge on any atom is 0.263 e. The highest BCUT2D eigenvalue weighted by Crippen LogP contribution is 2.34. The summed E-state index contributed by atoms with van der Waals surface area (Å²) in [5, 5.41) is 19.7. The van der Waals surface area contributed by atoms with Crippen LogP contribution < -0.4 is 5.32 Å². The molecular formula is C25H24ClN5O3. The Hall–Kier alpha value is -3.62. The molecule has 9 heteroatoms. The smallest absolute Gasteiger partial charge is 0.263 e. The van der Waals surface area contributed by atoms with E-state index >= 15 is 0 Å². The van der Waals surface area contributed by atoms with E-state index in [0.717, 1.165) is 22.3 Å². The lowest BCUT2D eigenvalue weighted by Gasteiger charge is -2.21. The lowest BCUT2D eigenvalue weighted by atomic mass is 10.0. The lowest BCUT2D eigenvalue weighted by molar-refractivity contribution is -0.133. The Morgan fingerprint density at radius 3 is 2.74 bits per heavy atom. The predicted octanol–water partition coefficient (Wildman–Crippen LogP) is 4.45. The number of aliphatic hydroxyl groups excluding tert-OH is 1. The van der Waals surface area contributed by atoms with Gasteiger partial charge in [0.15, 0.2) is 0 Å². The Balaban J connectivity index is 1.48. The molecular weight excluding hydrogens is 454 g/mol. The predicted molar refractivity (Wildman–Crippen MR) is 131 cm³/mol. The molecule has 1 aliphatic heterocycles. The molecule has 1 aliphatic rings. The summed E-state index contributed by atoms with van der Waals surface area (Å²) in [4.78, 5) is 18.2. The molecule has 174 valence electrons. The monoisotopic (exact) mass is 477 g/mol. The minimum absolute atomic E-state index is 0.0251. The SMILES string of the molecule is CC(O)CNc1nc2ccccc2n1CC(=O)N1N=C(c2ccc(Cl)cc2)CC1c1ccco1. The number of para-hydroxylation sites is 2. The first kappa shape index (κ1) is 22.2. The number of furan rings is 1. The third kappa shape index (κ3) is 4.42. The van der Waals surface area contributed by atoms with Crippen molar-refractivity contribution in [3.63, 3.8) is 0 Å². The molecule has 2 atom stereocenters. The van der Waals surface area contributed by atoms with Crippen molar-refractivity contribution < 1.29 is 14.3 Å². The van der Waals surface area contributed by atoms with Gasteiger partial charge in [0.05, 0.1) is 29.1 Å². The number of aliphatic hydroxyl groups is 1. The minimum Gasteiger partial charge on any atom is -0.467 e. The fraction of sp³-hybridized carbons (Fsp3) is 0.240. The molecule has 2 aromatic heterocycles. The van der Waals surface area contributed by atoms with Crippen LogP contribution in [0.15, 0.2) is 76.4 Å². The molecule has 0 spiro atoms. The van der Waals surface area contributed by atoms with Gasteiger partial charge in [0, 0.05) is 18.0 Å². The first-order valence-electron chi connectivity index (χ1n) is 11.1. The van der Waals surface area contributed by atoms with Crippen LogP contribution >= 0.6 is 11.6 Å². The van der Waals surface area contributed by atoms with E-state index < -0.39 is 6.10 Å². The number of amides is 1. The molecule has 2 unspecified atom stereocenters. The number of rotatable bonds is 7. The molecule has 0 radical (unpaired) electrons. The molecule has 0 bridgehead atoms. The second kappa shape index (κ2) is 9.32. The van der Waals surface area contributed by atoms with Gasteiger partial charge in [0.25, 0.3) is 5.91 Å². The highest BCUT2D eigenvalue weighted by molar-refractivity contribution is 6.30. The molecule has 2 N–H and O–H groups in total. The normalized spacial score (nSPS) is 16.6. The second-order valence-corrected chi connectivity index (χ2v) is 8.70. The summed E-state index contributed by atoms with van der Waals surface area (Å²) in [6.45, 7) is 2.03. The van der Waals surface area contributed by atoms with Gasteiger partial charge in [-0.2, -0.15) is 5.10 Å². The van der Waals surface area contributed by atoms with Crippen molar-refractivity contribution in [2.24, 2.45) is 5.10 Å². The number of nitrogens with one attached hydrogen (secondary N) is 1. The van der Waals surface area contributed by atoms with E-state index in [2.05, 4.69) is 10.3 Å². The average Bonchev–Trinajstić information content (AvgIpc) is 3.57. The zero-order chi connectivity index (χ0) is 23.7. The number of fused-ring (bicyclic) bond motifs is 1. The fourth-order valence-electron chi connectivity index (χ4n) is 4.08. The number of hydrogen-bond donors (Lipinski definition) is 2. The average molecular weight is 478 g/mol. The van der Waals surface area contributed by atoms with Gasteiger partial charge in [0.1, 0.15) is 18.3 Å². The van der Waals surface area contributed by atoms with Crippen LogP contribution in [-0.2, 0) is 11.3 Å². The summed E-state index contributed by atoms with van der Waals surface area (Å²) >= 11 is 6.04. The number of benzene rings is 2. The van der Waals surface area contributed by atoms with Crippen molar-refractivity contribution in [2.45, 2.75) is 32.0 Å². The van der Waals surface area contributed by atoms with Crippen molar-refractivity contribution in [1.29, 1.82) is 0 Å². The van der Waals surface area contributed by atoms with Gasteiger partial charge < -0.3 is 19.4 Å². The summed E-state index contributed by atoms with van der Waals surface area (Å²) in [5.74, 6) is 0.990. The number of carbonyl (C=O) groups excluding carboxylic acids is 1. The van der Waals surface area contributed by atoms with Crippen LogP contribution in [0.1, 0.15) is 30.7 Å². The van der Waals surface area contributed by atoms with E-state index in [-0.39, 0.29) is 18.5 Å². The largest absolute Gasteiger partial charge is 0.467 e. The van der Waals surface area contributed by atoms with E-state index in [0.29, 0.717) is 29.7 Å². The molecule has 2 aromatic carbocycles. The van der Waals surface area contributed by atoms with Gasteiger partial charge in [-0.05, 0) is 48.9 Å². The third-order valence-corrected chi connectivity index (χ3v) is 5.97. The lowest BCUT2D eigenvalue weighted by Crippen LogP contribution is -2.31. The van der Waals surface area contributed by atoms with Gasteiger partial charge in [-0.15, -0.1) is 0 Å². The minimum atomic E-state index is -0.558. The second-order valence-electron chi connectivity index (χ2n) is 8.27. The maximum atomic E-state index is 13.6. The summed E-state index contributed by atoms with van der Waals surface area (Å²) in [6, 6.07) is 18.3. The Kier molecular flexibility index (Phi) is 6.08. The number of anilines is 1. The summed E-state index contributed by atoms with van der Waals surface area (Å²) in [7, 11) is 0. The van der Waals surface area contributed by atoms with Crippen molar-refractivity contribution in [3.05, 3.63) is 83.3 Å². The summed E-state index contributed by atoms with van der Waals surface area (Å²) in [6.07, 6.45) is 1.57. The molecule has 4 aromatic rings. The van der Waals surface area contributed by atoms with Gasteiger partial charge in [0.2, 0.25) is 5.95 Å². The van der Waals surface area contributed by atoms with Crippen LogP contribution in [0.5, 0.6) is 0 Å². The maximum absolute atomic E-state index is 13.6. The Morgan fingerprint density at radius 1 is 1.21 bits per heavy atom. The number of nitrogens with zero attached hydrogens (tertiary/aromatic N) is 4. The first-order chi connectivity index (χ1) is 16.5. The van der Waals surface area contributed by atoms with E-state index in [4.69, 9.17) is 21.1 Å². The Morgan fingerprint density at radius 2 is 2.00 bits per heavy atom. The zero-order valence-electron chi connectivity index (χ0n) is 18.6. The molecule has 0 saturated carbocycles. The van der Waals surface area contributed by atoms with Gasteiger partial charge >= 0.3 is 0 Å². The number of aromatic nitrogens is 2. The van der Waals surface area contributed by atoms with Crippen molar-refractivity contribution in [3.8, 4) is 0 Å². The van der Waals surface area contributed by atoms with Crippen LogP contribution in [0.3, 0.4) is 0 Å². The number of imidazole rings is 1. The van der Waals surface area contributed by atoms with Crippen molar-refractivity contribution >= 4 is 40.2 Å². The topological polar surface area (TPSA) is 95.9 Å². The molecule has 8 nitrogen and oxygen atoms in total. The van der Waals surface area contributed by atoms with E-state index in [1.54, 1.807) is 19.3 Å². The van der Waals surface area contributed by atoms with E-state index in [9.17, 15) is 9.90 Å². The van der Waals surface area contributed by atoms with Gasteiger partial charge in [-0.3, -0.25) is 4.79 Å². The fourth-order valence-corrected chi connectivity index (χ4v) is 4.20. The van der Waals surface area contributed by atoms with E-state index in [1.807, 2.05) is 59.2 Å². The van der Waals surface area contributed by atoms with Gasteiger partial charge in [-0.25, -0.2) is 9.99 Å². The highest BCUT2D eigenvalue weighted by atomic mass is 35.5. The van der Waals surface area contributed by atoms with E-state index in [1.165, 1.54) is 5.01 Å². The van der Waals surface area contributed by atoms with Crippen molar-refractivity contribution in [2.75, 3.05) is 11.9 Å². The highest BCUT2D eigenvalue weighted by Gasteiger charge is 2.35. The third-order valence-electron chi connectivity index (χ3n) is 5.72. The summed E-state index contributed by atoms with van der Waals surface area (Å²) < 4.78 is 7.46. The molecule has 34 heavy (non-hydrogen) atoms. The van der Waals surface area contributed by atoms with Crippen LogP contribution in [0.25, 0.3) is 11.0 Å². The quantitative estimate of drug-likeness (QED) is 0.410. The Bertz CT molecular complexity index is 1330. The van der Waals surface area contributed by atoms with Crippen LogP contribution in [0.2, 0.25) is 5.02 Å². The molecule has 3 heterocycles. The van der Waals surface area contributed by atoms with Crippen molar-refractivity contribution in [1.82, 2.24) is 14.6 Å².